The summed E-state index contributed by atoms with van der Waals surface area (Å²) >= 11 is 0. The van der Waals surface area contributed by atoms with Crippen molar-refractivity contribution in [3.05, 3.63) is 83.7 Å². The molecule has 0 aromatic heterocycles. The maximum atomic E-state index is 13.6. The van der Waals surface area contributed by atoms with Gasteiger partial charge in [-0.1, -0.05) is 12.1 Å². The van der Waals surface area contributed by atoms with Crippen molar-refractivity contribution in [2.45, 2.75) is 0 Å². The van der Waals surface area contributed by atoms with E-state index in [-0.39, 0.29) is 17.2 Å². The zero-order valence-electron chi connectivity index (χ0n) is 16.4. The monoisotopic (exact) mass is 422 g/mol. The van der Waals surface area contributed by atoms with Crippen LogP contribution in [0.1, 0.15) is 15.9 Å². The zero-order valence-corrected chi connectivity index (χ0v) is 16.4. The van der Waals surface area contributed by atoms with Crippen LogP contribution in [-0.2, 0) is 0 Å². The molecule has 0 aliphatic rings. The molecule has 0 saturated heterocycles. The van der Waals surface area contributed by atoms with E-state index in [4.69, 9.17) is 4.74 Å². The second kappa shape index (κ2) is 9.88. The van der Waals surface area contributed by atoms with Gasteiger partial charge < -0.3 is 20.5 Å². The highest BCUT2D eigenvalue weighted by atomic mass is 19.1. The van der Waals surface area contributed by atoms with E-state index >= 15 is 0 Å². The largest absolute Gasteiger partial charge is 0.504 e. The van der Waals surface area contributed by atoms with E-state index in [1.807, 2.05) is 0 Å². The Hall–Kier alpha value is -4.40. The van der Waals surface area contributed by atoms with Gasteiger partial charge in [0.05, 0.1) is 19.0 Å². The molecule has 4 N–H and O–H groups in total. The van der Waals surface area contributed by atoms with Crippen molar-refractivity contribution < 1.29 is 23.8 Å². The van der Waals surface area contributed by atoms with Crippen molar-refractivity contribution >= 4 is 29.5 Å². The Bertz CT molecular complexity index is 1120. The summed E-state index contributed by atoms with van der Waals surface area (Å²) in [6.45, 7) is 0. The lowest BCUT2D eigenvalue weighted by molar-refractivity contribution is 0.0955. The Kier molecular flexibility index (Phi) is 6.79. The molecule has 0 aliphatic heterocycles. The van der Waals surface area contributed by atoms with Gasteiger partial charge in [0.25, 0.3) is 5.91 Å². The summed E-state index contributed by atoms with van der Waals surface area (Å²) in [6, 6.07) is 15.9. The molecular weight excluding hydrogens is 403 g/mol. The van der Waals surface area contributed by atoms with Gasteiger partial charge in [-0.05, 0) is 60.2 Å². The molecule has 0 bridgehead atoms. The van der Waals surface area contributed by atoms with Crippen molar-refractivity contribution in [3.63, 3.8) is 0 Å². The van der Waals surface area contributed by atoms with Crippen molar-refractivity contribution in [1.29, 1.82) is 0 Å². The normalized spacial score (nSPS) is 10.5. The lowest BCUT2D eigenvalue weighted by Gasteiger charge is -2.09. The van der Waals surface area contributed by atoms with Crippen LogP contribution in [0.25, 0.3) is 0 Å². The molecule has 0 saturated carbocycles. The molecule has 31 heavy (non-hydrogen) atoms. The van der Waals surface area contributed by atoms with Gasteiger partial charge in [0.1, 0.15) is 5.82 Å². The number of benzene rings is 3. The van der Waals surface area contributed by atoms with Gasteiger partial charge in [-0.25, -0.2) is 14.6 Å². The zero-order chi connectivity index (χ0) is 22.2. The van der Waals surface area contributed by atoms with Crippen LogP contribution in [-0.4, -0.2) is 30.4 Å². The maximum Gasteiger partial charge on any atom is 0.323 e. The Labute approximate surface area is 177 Å². The number of anilines is 2. The fourth-order valence-electron chi connectivity index (χ4n) is 2.56. The summed E-state index contributed by atoms with van der Waals surface area (Å²) < 4.78 is 18.6. The van der Waals surface area contributed by atoms with Crippen LogP contribution in [0, 0.1) is 5.82 Å². The number of nitrogens with one attached hydrogen (secondary N) is 3. The predicted molar refractivity (Wildman–Crippen MR) is 115 cm³/mol. The van der Waals surface area contributed by atoms with E-state index in [1.165, 1.54) is 61.9 Å². The number of aromatic hydroxyl groups is 1. The third kappa shape index (κ3) is 5.80. The van der Waals surface area contributed by atoms with Crippen molar-refractivity contribution in [3.8, 4) is 11.5 Å². The molecule has 0 heterocycles. The maximum absolute atomic E-state index is 13.6. The minimum atomic E-state index is -0.615. The quantitative estimate of drug-likeness (QED) is 0.356. The molecule has 0 atom stereocenters. The molecule has 3 aromatic rings. The number of phenols is 1. The molecule has 158 valence electrons. The number of carbonyl (C=O) groups is 2. The molecule has 0 aliphatic carbocycles. The van der Waals surface area contributed by atoms with Gasteiger partial charge in [0, 0.05) is 11.3 Å². The number of hydrazone groups is 1. The van der Waals surface area contributed by atoms with E-state index in [9.17, 15) is 19.1 Å². The van der Waals surface area contributed by atoms with Crippen molar-refractivity contribution in [2.24, 2.45) is 5.10 Å². The predicted octanol–water partition coefficient (Wildman–Crippen LogP) is 3.95. The number of halogens is 1. The summed E-state index contributed by atoms with van der Waals surface area (Å²) in [5, 5.41) is 18.4. The SMILES string of the molecule is COc1cc(/C=N\NC(=O)c2ccc(NC(=O)Nc3ccccc3F)cc2)ccc1O. The van der Waals surface area contributed by atoms with Gasteiger partial charge in [-0.15, -0.1) is 0 Å². The highest BCUT2D eigenvalue weighted by Crippen LogP contribution is 2.25. The van der Waals surface area contributed by atoms with E-state index in [0.29, 0.717) is 16.8 Å². The van der Waals surface area contributed by atoms with Gasteiger partial charge in [0.15, 0.2) is 11.5 Å². The van der Waals surface area contributed by atoms with Crippen LogP contribution >= 0.6 is 0 Å². The first-order chi connectivity index (χ1) is 15.0. The summed E-state index contributed by atoms with van der Waals surface area (Å²) in [5.41, 5.74) is 3.80. The Morgan fingerprint density at radius 2 is 1.77 bits per heavy atom. The van der Waals surface area contributed by atoms with Crippen molar-refractivity contribution in [2.75, 3.05) is 17.7 Å². The molecule has 9 heteroatoms. The van der Waals surface area contributed by atoms with Gasteiger partial charge in [0.2, 0.25) is 0 Å². The second-order valence-corrected chi connectivity index (χ2v) is 6.27. The Morgan fingerprint density at radius 3 is 2.48 bits per heavy atom. The fraction of sp³-hybridized carbons (Fsp3) is 0.0455. The van der Waals surface area contributed by atoms with Crippen LogP contribution < -0.4 is 20.8 Å². The van der Waals surface area contributed by atoms with Crippen molar-refractivity contribution in [1.82, 2.24) is 5.43 Å². The highest BCUT2D eigenvalue weighted by molar-refractivity contribution is 6.00. The topological polar surface area (TPSA) is 112 Å². The van der Waals surface area contributed by atoms with E-state index in [0.717, 1.165) is 0 Å². The number of hydrogen-bond acceptors (Lipinski definition) is 5. The van der Waals surface area contributed by atoms with E-state index in [2.05, 4.69) is 21.2 Å². The standard InChI is InChI=1S/C22H19FN4O4/c1-31-20-12-14(6-11-19(20)28)13-24-27-21(29)15-7-9-16(10-8-15)25-22(30)26-18-5-3-2-4-17(18)23/h2-13,28H,1H3,(H,27,29)(H2,25,26,30)/b24-13-. The van der Waals surface area contributed by atoms with Crippen LogP contribution in [0.2, 0.25) is 0 Å². The third-order valence-electron chi connectivity index (χ3n) is 4.11. The number of methoxy groups -OCH3 is 1. The molecule has 3 amide bonds. The van der Waals surface area contributed by atoms with E-state index in [1.54, 1.807) is 18.2 Å². The number of urea groups is 1. The first-order valence-corrected chi connectivity index (χ1v) is 9.09. The van der Waals surface area contributed by atoms with E-state index < -0.39 is 17.8 Å². The molecule has 8 nitrogen and oxygen atoms in total. The van der Waals surface area contributed by atoms with Gasteiger partial charge in [-0.3, -0.25) is 4.79 Å². The second-order valence-electron chi connectivity index (χ2n) is 6.27. The summed E-state index contributed by atoms with van der Waals surface area (Å²) in [4.78, 5) is 24.2. The van der Waals surface area contributed by atoms with Crippen LogP contribution in [0.3, 0.4) is 0 Å². The first kappa shape index (κ1) is 21.3. The summed E-state index contributed by atoms with van der Waals surface area (Å²) in [6.07, 6.45) is 1.41. The molecule has 0 radical (unpaired) electrons. The molecule has 3 aromatic carbocycles. The number of nitrogens with zero attached hydrogens (tertiary/aromatic N) is 1. The fourth-order valence-corrected chi connectivity index (χ4v) is 2.56. The highest BCUT2D eigenvalue weighted by Gasteiger charge is 2.08. The molecular formula is C22H19FN4O4. The average Bonchev–Trinajstić information content (AvgIpc) is 2.77. The number of carbonyl (C=O) groups excluding carboxylic acids is 2. The molecule has 0 unspecified atom stereocenters. The molecule has 0 spiro atoms. The molecule has 0 fully saturated rings. The summed E-state index contributed by atoms with van der Waals surface area (Å²) in [7, 11) is 1.43. The number of amides is 3. The number of phenolic OH excluding ortho intramolecular Hbond substituents is 1. The molecule has 3 rings (SSSR count). The lowest BCUT2D eigenvalue weighted by atomic mass is 10.2. The number of ether oxygens (including phenoxy) is 1. The van der Waals surface area contributed by atoms with Gasteiger partial charge >= 0.3 is 6.03 Å². The average molecular weight is 422 g/mol. The summed E-state index contributed by atoms with van der Waals surface area (Å²) in [5.74, 6) is -0.710. The first-order valence-electron chi connectivity index (χ1n) is 9.09. The minimum Gasteiger partial charge on any atom is -0.504 e. The van der Waals surface area contributed by atoms with Crippen LogP contribution in [0.4, 0.5) is 20.6 Å². The third-order valence-corrected chi connectivity index (χ3v) is 4.11. The lowest BCUT2D eigenvalue weighted by Crippen LogP contribution is -2.20. The smallest absolute Gasteiger partial charge is 0.323 e. The Morgan fingerprint density at radius 1 is 1.03 bits per heavy atom. The van der Waals surface area contributed by atoms with Crippen LogP contribution in [0.5, 0.6) is 11.5 Å². The number of hydrogen-bond donors (Lipinski definition) is 4. The van der Waals surface area contributed by atoms with Crippen LogP contribution in [0.15, 0.2) is 71.8 Å². The number of para-hydroxylation sites is 1. The van der Waals surface area contributed by atoms with Gasteiger partial charge in [-0.2, -0.15) is 5.10 Å². The Balaban J connectivity index is 1.55. The number of rotatable bonds is 6. The minimum absolute atomic E-state index is 0.0000283.